The van der Waals surface area contributed by atoms with Crippen molar-refractivity contribution in [3.63, 3.8) is 0 Å². The van der Waals surface area contributed by atoms with E-state index in [9.17, 15) is 5.11 Å². The number of piperidine rings is 1. The molecule has 1 aliphatic heterocycles. The lowest BCUT2D eigenvalue weighted by Crippen LogP contribution is -2.52. The Balaban J connectivity index is 1.59. The molecular weight excluding hydrogens is 200 g/mol. The minimum atomic E-state index is -0.148. The van der Waals surface area contributed by atoms with E-state index in [1.165, 1.54) is 32.2 Å². The summed E-state index contributed by atoms with van der Waals surface area (Å²) >= 11 is 0. The van der Waals surface area contributed by atoms with Gasteiger partial charge in [0.15, 0.2) is 0 Å². The lowest BCUT2D eigenvalue weighted by atomic mass is 9.90. The summed E-state index contributed by atoms with van der Waals surface area (Å²) in [6, 6.07) is 2.25. The Labute approximate surface area is 98.2 Å². The van der Waals surface area contributed by atoms with Crippen LogP contribution >= 0.6 is 0 Å². The highest BCUT2D eigenvalue weighted by Gasteiger charge is 2.38. The lowest BCUT2D eigenvalue weighted by Gasteiger charge is -2.39. The van der Waals surface area contributed by atoms with Crippen molar-refractivity contribution >= 4 is 0 Å². The average molecular weight is 224 g/mol. The molecule has 0 spiro atoms. The predicted octanol–water partition coefficient (Wildman–Crippen LogP) is 0.972. The Kier molecular flexibility index (Phi) is 2.94. The number of aliphatic hydroxyl groups excluding tert-OH is 1. The van der Waals surface area contributed by atoms with Crippen LogP contribution in [-0.4, -0.2) is 47.3 Å². The van der Waals surface area contributed by atoms with Crippen molar-refractivity contribution in [1.29, 1.82) is 0 Å². The van der Waals surface area contributed by atoms with E-state index in [2.05, 4.69) is 10.2 Å². The molecule has 2 aliphatic carbocycles. The molecule has 3 nitrogen and oxygen atoms in total. The molecule has 0 aromatic carbocycles. The smallest absolute Gasteiger partial charge is 0.0553 e. The second-order valence-corrected chi connectivity index (χ2v) is 6.06. The monoisotopic (exact) mass is 224 g/mol. The zero-order valence-electron chi connectivity index (χ0n) is 10.2. The standard InChI is InChI=1S/C13H24N2O/c1-9(16)10-6-12(14-11-2-3-11)8-15(7-10)13-4-5-13/h9-14,16H,2-8H2,1H3. The fraction of sp³-hybridized carbons (Fsp3) is 1.00. The average Bonchev–Trinajstić information content (AvgIpc) is 3.11. The van der Waals surface area contributed by atoms with Crippen LogP contribution in [0.2, 0.25) is 0 Å². The molecule has 0 radical (unpaired) electrons. The van der Waals surface area contributed by atoms with Gasteiger partial charge >= 0.3 is 0 Å². The van der Waals surface area contributed by atoms with Crippen molar-refractivity contribution in [3.8, 4) is 0 Å². The van der Waals surface area contributed by atoms with Gasteiger partial charge in [-0.15, -0.1) is 0 Å². The largest absolute Gasteiger partial charge is 0.393 e. The van der Waals surface area contributed by atoms with E-state index < -0.39 is 0 Å². The van der Waals surface area contributed by atoms with Crippen LogP contribution in [-0.2, 0) is 0 Å². The van der Waals surface area contributed by atoms with E-state index in [0.717, 1.165) is 25.0 Å². The molecule has 2 saturated carbocycles. The first-order valence-electron chi connectivity index (χ1n) is 6.90. The van der Waals surface area contributed by atoms with Crippen LogP contribution in [0, 0.1) is 5.92 Å². The quantitative estimate of drug-likeness (QED) is 0.747. The van der Waals surface area contributed by atoms with E-state index in [-0.39, 0.29) is 6.10 Å². The molecule has 3 aliphatic rings. The molecule has 1 saturated heterocycles. The Hall–Kier alpha value is -0.120. The zero-order valence-corrected chi connectivity index (χ0v) is 10.2. The Morgan fingerprint density at radius 3 is 2.44 bits per heavy atom. The summed E-state index contributed by atoms with van der Waals surface area (Å²) in [4.78, 5) is 2.61. The van der Waals surface area contributed by atoms with E-state index in [1.54, 1.807) is 0 Å². The van der Waals surface area contributed by atoms with Crippen LogP contribution in [0.4, 0.5) is 0 Å². The summed E-state index contributed by atoms with van der Waals surface area (Å²) in [6.45, 7) is 4.28. The number of nitrogens with one attached hydrogen (secondary N) is 1. The van der Waals surface area contributed by atoms with Crippen LogP contribution in [0.25, 0.3) is 0 Å². The number of nitrogens with zero attached hydrogens (tertiary/aromatic N) is 1. The number of likely N-dealkylation sites (tertiary alicyclic amines) is 1. The van der Waals surface area contributed by atoms with Crippen molar-refractivity contribution in [1.82, 2.24) is 10.2 Å². The Bertz CT molecular complexity index is 238. The normalized spacial score (nSPS) is 38.6. The molecule has 3 rings (SSSR count). The molecule has 0 bridgehead atoms. The van der Waals surface area contributed by atoms with Gasteiger partial charge < -0.3 is 10.4 Å². The Morgan fingerprint density at radius 2 is 1.88 bits per heavy atom. The minimum Gasteiger partial charge on any atom is -0.393 e. The maximum absolute atomic E-state index is 9.81. The fourth-order valence-electron chi connectivity index (χ4n) is 2.96. The molecule has 0 aromatic heterocycles. The van der Waals surface area contributed by atoms with Gasteiger partial charge in [0.1, 0.15) is 0 Å². The van der Waals surface area contributed by atoms with Crippen LogP contribution in [0.5, 0.6) is 0 Å². The maximum Gasteiger partial charge on any atom is 0.0553 e. The zero-order chi connectivity index (χ0) is 11.1. The van der Waals surface area contributed by atoms with E-state index >= 15 is 0 Å². The molecule has 3 fully saturated rings. The molecule has 16 heavy (non-hydrogen) atoms. The van der Waals surface area contributed by atoms with Gasteiger partial charge in [-0.2, -0.15) is 0 Å². The van der Waals surface area contributed by atoms with Gasteiger partial charge in [0, 0.05) is 31.2 Å². The Morgan fingerprint density at radius 1 is 1.12 bits per heavy atom. The first kappa shape index (κ1) is 11.0. The SMILES string of the molecule is CC(O)C1CC(NC2CC2)CN(C2CC2)C1. The van der Waals surface area contributed by atoms with Crippen LogP contribution in [0.1, 0.15) is 39.0 Å². The van der Waals surface area contributed by atoms with E-state index in [1.807, 2.05) is 6.92 Å². The molecule has 0 aromatic rings. The topological polar surface area (TPSA) is 35.5 Å². The highest BCUT2D eigenvalue weighted by Crippen LogP contribution is 2.33. The van der Waals surface area contributed by atoms with Crippen LogP contribution in [0.15, 0.2) is 0 Å². The third-order valence-electron chi connectivity index (χ3n) is 4.31. The molecule has 2 N–H and O–H groups in total. The summed E-state index contributed by atoms with van der Waals surface area (Å²) in [7, 11) is 0. The second kappa shape index (κ2) is 4.28. The van der Waals surface area contributed by atoms with E-state index in [0.29, 0.717) is 12.0 Å². The summed E-state index contributed by atoms with van der Waals surface area (Å²) in [5, 5.41) is 13.5. The molecule has 3 unspecified atom stereocenters. The minimum absolute atomic E-state index is 0.148. The van der Waals surface area contributed by atoms with Gasteiger partial charge in [0.25, 0.3) is 0 Å². The van der Waals surface area contributed by atoms with Gasteiger partial charge in [-0.1, -0.05) is 0 Å². The summed E-state index contributed by atoms with van der Waals surface area (Å²) in [6.07, 6.45) is 6.49. The fourth-order valence-corrected chi connectivity index (χ4v) is 2.96. The molecule has 3 atom stereocenters. The lowest BCUT2D eigenvalue weighted by molar-refractivity contribution is 0.0444. The van der Waals surface area contributed by atoms with Crippen molar-refractivity contribution in [3.05, 3.63) is 0 Å². The molecule has 1 heterocycles. The summed E-state index contributed by atoms with van der Waals surface area (Å²) < 4.78 is 0. The summed E-state index contributed by atoms with van der Waals surface area (Å²) in [5.41, 5.74) is 0. The first-order valence-corrected chi connectivity index (χ1v) is 6.90. The number of rotatable bonds is 4. The van der Waals surface area contributed by atoms with Gasteiger partial charge in [0.05, 0.1) is 6.10 Å². The maximum atomic E-state index is 9.81. The van der Waals surface area contributed by atoms with Gasteiger partial charge in [-0.3, -0.25) is 4.90 Å². The molecule has 3 heteroatoms. The van der Waals surface area contributed by atoms with Gasteiger partial charge in [-0.05, 0) is 44.9 Å². The van der Waals surface area contributed by atoms with Crippen LogP contribution < -0.4 is 5.32 Å². The summed E-state index contributed by atoms with van der Waals surface area (Å²) in [5.74, 6) is 0.477. The second-order valence-electron chi connectivity index (χ2n) is 6.06. The molecule has 0 amide bonds. The van der Waals surface area contributed by atoms with Gasteiger partial charge in [-0.25, -0.2) is 0 Å². The third-order valence-corrected chi connectivity index (χ3v) is 4.31. The van der Waals surface area contributed by atoms with E-state index in [4.69, 9.17) is 0 Å². The predicted molar refractivity (Wildman–Crippen MR) is 64.3 cm³/mol. The molecule has 92 valence electrons. The highest BCUT2D eigenvalue weighted by molar-refractivity contribution is 4.95. The van der Waals surface area contributed by atoms with Gasteiger partial charge in [0.2, 0.25) is 0 Å². The van der Waals surface area contributed by atoms with Crippen LogP contribution in [0.3, 0.4) is 0 Å². The highest BCUT2D eigenvalue weighted by atomic mass is 16.3. The molecular formula is C13H24N2O. The van der Waals surface area contributed by atoms with Crippen molar-refractivity contribution in [2.45, 2.75) is 63.3 Å². The number of hydrogen-bond donors (Lipinski definition) is 2. The number of hydrogen-bond acceptors (Lipinski definition) is 3. The third kappa shape index (κ3) is 2.58. The van der Waals surface area contributed by atoms with Crippen molar-refractivity contribution in [2.24, 2.45) is 5.92 Å². The number of aliphatic hydroxyl groups is 1. The van der Waals surface area contributed by atoms with Crippen molar-refractivity contribution in [2.75, 3.05) is 13.1 Å². The first-order chi connectivity index (χ1) is 7.72. The van der Waals surface area contributed by atoms with Crippen molar-refractivity contribution < 1.29 is 5.11 Å².